The molecule has 0 heterocycles. The molecule has 2 aromatic rings. The van der Waals surface area contributed by atoms with Crippen LogP contribution in [0, 0.1) is 0 Å². The van der Waals surface area contributed by atoms with E-state index in [1.54, 1.807) is 20.2 Å². The number of methoxy groups -OCH3 is 1. The summed E-state index contributed by atoms with van der Waals surface area (Å²) < 4.78 is 5.14. The number of hydrogen-bond acceptors (Lipinski definition) is 3. The monoisotopic (exact) mass is 270 g/mol. The first-order valence-corrected chi connectivity index (χ1v) is 6.41. The van der Waals surface area contributed by atoms with Crippen molar-refractivity contribution in [3.8, 4) is 5.75 Å². The lowest BCUT2D eigenvalue weighted by molar-refractivity contribution is -0.118. The number of carbonyl (C=O) groups is 1. The van der Waals surface area contributed by atoms with Crippen LogP contribution in [0.3, 0.4) is 0 Å². The quantitative estimate of drug-likeness (QED) is 0.878. The summed E-state index contributed by atoms with van der Waals surface area (Å²) in [4.78, 5) is 12.3. The smallest absolute Gasteiger partial charge is 0.246 e. The third-order valence-corrected chi connectivity index (χ3v) is 3.02. The topological polar surface area (TPSA) is 50.4 Å². The number of carbonyl (C=O) groups excluding carboxylic acids is 1. The zero-order valence-electron chi connectivity index (χ0n) is 11.6. The van der Waals surface area contributed by atoms with E-state index >= 15 is 0 Å². The summed E-state index contributed by atoms with van der Waals surface area (Å²) in [7, 11) is 3.37. The largest absolute Gasteiger partial charge is 0.497 e. The van der Waals surface area contributed by atoms with Gasteiger partial charge in [-0.1, -0.05) is 36.4 Å². The fourth-order valence-corrected chi connectivity index (χ4v) is 2.01. The first-order chi connectivity index (χ1) is 9.74. The first kappa shape index (κ1) is 14.1. The van der Waals surface area contributed by atoms with Gasteiger partial charge in [0.25, 0.3) is 0 Å². The second-order valence-electron chi connectivity index (χ2n) is 4.35. The molecule has 2 N–H and O–H groups in total. The molecule has 0 bridgehead atoms. The third kappa shape index (κ3) is 3.36. The van der Waals surface area contributed by atoms with Crippen molar-refractivity contribution in [2.24, 2.45) is 0 Å². The molecule has 0 unspecified atom stereocenters. The summed E-state index contributed by atoms with van der Waals surface area (Å²) in [5.74, 6) is 0.607. The Hall–Kier alpha value is -2.33. The molecule has 0 aliphatic heterocycles. The molecule has 0 saturated carbocycles. The second-order valence-corrected chi connectivity index (χ2v) is 4.35. The number of nitrogens with one attached hydrogen (secondary N) is 2. The molecule has 0 saturated heterocycles. The fraction of sp³-hybridized carbons (Fsp3) is 0.188. The third-order valence-electron chi connectivity index (χ3n) is 3.02. The first-order valence-electron chi connectivity index (χ1n) is 6.41. The van der Waals surface area contributed by atoms with E-state index in [2.05, 4.69) is 10.6 Å². The maximum absolute atomic E-state index is 12.3. The van der Waals surface area contributed by atoms with Gasteiger partial charge < -0.3 is 15.4 Å². The minimum atomic E-state index is -0.387. The summed E-state index contributed by atoms with van der Waals surface area (Å²) >= 11 is 0. The van der Waals surface area contributed by atoms with Crippen molar-refractivity contribution in [1.82, 2.24) is 5.32 Å². The predicted molar refractivity (Wildman–Crippen MR) is 79.9 cm³/mol. The molecule has 0 fully saturated rings. The fourth-order valence-electron chi connectivity index (χ4n) is 2.01. The van der Waals surface area contributed by atoms with Gasteiger partial charge in [0.15, 0.2) is 0 Å². The van der Waals surface area contributed by atoms with E-state index in [1.807, 2.05) is 48.5 Å². The van der Waals surface area contributed by atoms with Gasteiger partial charge in [0.05, 0.1) is 7.11 Å². The molecule has 0 aromatic heterocycles. The maximum Gasteiger partial charge on any atom is 0.246 e. The summed E-state index contributed by atoms with van der Waals surface area (Å²) in [5, 5.41) is 5.91. The zero-order valence-corrected chi connectivity index (χ0v) is 11.6. The minimum absolute atomic E-state index is 0.105. The normalized spacial score (nSPS) is 11.7. The number of amides is 1. The van der Waals surface area contributed by atoms with Crippen LogP contribution in [0.15, 0.2) is 54.6 Å². The van der Waals surface area contributed by atoms with Crippen molar-refractivity contribution in [3.05, 3.63) is 60.2 Å². The van der Waals surface area contributed by atoms with E-state index in [4.69, 9.17) is 4.74 Å². The van der Waals surface area contributed by atoms with Crippen molar-refractivity contribution in [2.45, 2.75) is 6.04 Å². The lowest BCUT2D eigenvalue weighted by Crippen LogP contribution is -2.30. The molecule has 1 atom stereocenters. The molecule has 4 heteroatoms. The van der Waals surface area contributed by atoms with Crippen molar-refractivity contribution < 1.29 is 9.53 Å². The zero-order chi connectivity index (χ0) is 14.4. The van der Waals surface area contributed by atoms with Crippen LogP contribution in [-0.2, 0) is 4.79 Å². The van der Waals surface area contributed by atoms with Crippen LogP contribution in [0.4, 0.5) is 5.69 Å². The summed E-state index contributed by atoms with van der Waals surface area (Å²) in [5.41, 5.74) is 1.64. The molecule has 0 aliphatic carbocycles. The molecule has 0 aliphatic rings. The SMILES string of the molecule is CN[C@H](C(=O)Nc1cccc(OC)c1)c1ccccc1. The minimum Gasteiger partial charge on any atom is -0.497 e. The average molecular weight is 270 g/mol. The van der Waals surface area contributed by atoms with E-state index in [-0.39, 0.29) is 11.9 Å². The molecule has 2 rings (SSSR count). The Kier molecular flexibility index (Phi) is 4.74. The van der Waals surface area contributed by atoms with Gasteiger partial charge in [0.2, 0.25) is 5.91 Å². The summed E-state index contributed by atoms with van der Waals surface area (Å²) in [6, 6.07) is 16.5. The number of hydrogen-bond donors (Lipinski definition) is 2. The van der Waals surface area contributed by atoms with E-state index < -0.39 is 0 Å². The van der Waals surface area contributed by atoms with Crippen LogP contribution in [0.5, 0.6) is 5.75 Å². The van der Waals surface area contributed by atoms with Crippen molar-refractivity contribution in [3.63, 3.8) is 0 Å². The number of anilines is 1. The Morgan fingerprint density at radius 3 is 2.50 bits per heavy atom. The standard InChI is InChI=1S/C16H18N2O2/c1-17-15(12-7-4-3-5-8-12)16(19)18-13-9-6-10-14(11-13)20-2/h3-11,15,17H,1-2H3,(H,18,19)/t15-/m0/s1. The molecular formula is C16H18N2O2. The summed E-state index contributed by atoms with van der Waals surface area (Å²) in [6.07, 6.45) is 0. The van der Waals surface area contributed by atoms with Crippen LogP contribution >= 0.6 is 0 Å². The van der Waals surface area contributed by atoms with Crippen LogP contribution in [0.25, 0.3) is 0 Å². The number of benzene rings is 2. The Morgan fingerprint density at radius 2 is 1.85 bits per heavy atom. The maximum atomic E-state index is 12.3. The molecule has 0 radical (unpaired) electrons. The van der Waals surface area contributed by atoms with Gasteiger partial charge in [-0.25, -0.2) is 0 Å². The molecular weight excluding hydrogens is 252 g/mol. The van der Waals surface area contributed by atoms with Crippen LogP contribution in [-0.4, -0.2) is 20.1 Å². The van der Waals surface area contributed by atoms with Gasteiger partial charge in [0, 0.05) is 11.8 Å². The van der Waals surface area contributed by atoms with Gasteiger partial charge >= 0.3 is 0 Å². The molecule has 0 spiro atoms. The highest BCUT2D eigenvalue weighted by atomic mass is 16.5. The molecule has 4 nitrogen and oxygen atoms in total. The van der Waals surface area contributed by atoms with Crippen molar-refractivity contribution in [1.29, 1.82) is 0 Å². The Labute approximate surface area is 118 Å². The summed E-state index contributed by atoms with van der Waals surface area (Å²) in [6.45, 7) is 0. The van der Waals surface area contributed by atoms with Crippen LogP contribution < -0.4 is 15.4 Å². The number of rotatable bonds is 5. The van der Waals surface area contributed by atoms with Crippen LogP contribution in [0.2, 0.25) is 0 Å². The Bertz CT molecular complexity index is 570. The second kappa shape index (κ2) is 6.73. The van der Waals surface area contributed by atoms with E-state index in [1.165, 1.54) is 0 Å². The Balaban J connectivity index is 2.13. The van der Waals surface area contributed by atoms with Crippen LogP contribution in [0.1, 0.15) is 11.6 Å². The van der Waals surface area contributed by atoms with Gasteiger partial charge in [0.1, 0.15) is 11.8 Å². The highest BCUT2D eigenvalue weighted by Crippen LogP contribution is 2.19. The van der Waals surface area contributed by atoms with Crippen molar-refractivity contribution in [2.75, 3.05) is 19.5 Å². The highest BCUT2D eigenvalue weighted by molar-refractivity contribution is 5.95. The molecule has 2 aromatic carbocycles. The van der Waals surface area contributed by atoms with Gasteiger partial charge in [-0.2, -0.15) is 0 Å². The number of likely N-dealkylation sites (N-methyl/N-ethyl adjacent to an activating group) is 1. The van der Waals surface area contributed by atoms with Gasteiger partial charge in [-0.3, -0.25) is 4.79 Å². The van der Waals surface area contributed by atoms with E-state index in [0.29, 0.717) is 11.4 Å². The van der Waals surface area contributed by atoms with Gasteiger partial charge in [-0.05, 0) is 24.7 Å². The molecule has 20 heavy (non-hydrogen) atoms. The average Bonchev–Trinajstić information content (AvgIpc) is 2.49. The predicted octanol–water partition coefficient (Wildman–Crippen LogP) is 2.59. The highest BCUT2D eigenvalue weighted by Gasteiger charge is 2.18. The van der Waals surface area contributed by atoms with Crippen molar-refractivity contribution >= 4 is 11.6 Å². The molecule has 1 amide bonds. The van der Waals surface area contributed by atoms with Gasteiger partial charge in [-0.15, -0.1) is 0 Å². The lowest BCUT2D eigenvalue weighted by Gasteiger charge is -2.16. The lowest BCUT2D eigenvalue weighted by atomic mass is 10.1. The molecule has 104 valence electrons. The number of ether oxygens (including phenoxy) is 1. The van der Waals surface area contributed by atoms with E-state index in [0.717, 1.165) is 5.56 Å². The Morgan fingerprint density at radius 1 is 1.10 bits per heavy atom. The van der Waals surface area contributed by atoms with E-state index in [9.17, 15) is 4.79 Å².